The van der Waals surface area contributed by atoms with Gasteiger partial charge in [0.25, 0.3) is 5.56 Å². The number of amides is 1. The van der Waals surface area contributed by atoms with E-state index < -0.39 is 0 Å². The number of nitrogens with one attached hydrogen (secondary N) is 1. The lowest BCUT2D eigenvalue weighted by molar-refractivity contribution is -0.131. The molecular weight excluding hydrogens is 384 g/mol. The first kappa shape index (κ1) is 20.2. The molecule has 4 rings (SSSR count). The van der Waals surface area contributed by atoms with Crippen LogP contribution < -0.4 is 5.56 Å². The number of aromatic amines is 1. The first-order valence-electron chi connectivity index (χ1n) is 10.1. The second-order valence-electron chi connectivity index (χ2n) is 7.73. The van der Waals surface area contributed by atoms with Crippen LogP contribution >= 0.6 is 0 Å². The monoisotopic (exact) mass is 410 g/mol. The van der Waals surface area contributed by atoms with Crippen molar-refractivity contribution in [1.29, 1.82) is 0 Å². The summed E-state index contributed by atoms with van der Waals surface area (Å²) < 4.78 is 7.42. The van der Waals surface area contributed by atoms with Crippen LogP contribution in [0.15, 0.2) is 23.1 Å². The lowest BCUT2D eigenvalue weighted by Gasteiger charge is -2.17. The Morgan fingerprint density at radius 3 is 2.97 bits per heavy atom. The average Bonchev–Trinajstić information content (AvgIpc) is 3.29. The van der Waals surface area contributed by atoms with E-state index in [1.165, 1.54) is 0 Å². The van der Waals surface area contributed by atoms with Gasteiger partial charge in [-0.05, 0) is 32.4 Å². The predicted molar refractivity (Wildman–Crippen MR) is 111 cm³/mol. The zero-order valence-electron chi connectivity index (χ0n) is 17.5. The van der Waals surface area contributed by atoms with Crippen molar-refractivity contribution in [2.24, 2.45) is 0 Å². The first-order valence-corrected chi connectivity index (χ1v) is 10.1. The molecule has 0 aliphatic carbocycles. The van der Waals surface area contributed by atoms with Gasteiger partial charge in [0.1, 0.15) is 17.2 Å². The summed E-state index contributed by atoms with van der Waals surface area (Å²) in [6.07, 6.45) is 3.47. The van der Waals surface area contributed by atoms with E-state index >= 15 is 0 Å². The maximum atomic E-state index is 12.7. The molecule has 0 bridgehead atoms. The Kier molecular flexibility index (Phi) is 5.63. The average molecular weight is 410 g/mol. The number of pyridine rings is 1. The van der Waals surface area contributed by atoms with Crippen molar-refractivity contribution in [2.75, 3.05) is 13.7 Å². The fourth-order valence-electron chi connectivity index (χ4n) is 4.05. The molecule has 0 saturated heterocycles. The number of rotatable bonds is 7. The summed E-state index contributed by atoms with van der Waals surface area (Å²) in [4.78, 5) is 42.8. The van der Waals surface area contributed by atoms with E-state index in [4.69, 9.17) is 9.72 Å². The minimum absolute atomic E-state index is 0.0239. The highest BCUT2D eigenvalue weighted by Gasteiger charge is 2.27. The Balaban J connectivity index is 1.43. The molecule has 1 amide bonds. The number of aryl methyl sites for hydroxylation is 2. The van der Waals surface area contributed by atoms with Gasteiger partial charge in [-0.25, -0.2) is 15.0 Å². The van der Waals surface area contributed by atoms with Crippen molar-refractivity contribution >= 4 is 17.1 Å². The third-order valence-electron chi connectivity index (χ3n) is 5.42. The van der Waals surface area contributed by atoms with Gasteiger partial charge in [-0.1, -0.05) is 0 Å². The summed E-state index contributed by atoms with van der Waals surface area (Å²) in [5, 5.41) is 0. The van der Waals surface area contributed by atoms with Gasteiger partial charge >= 0.3 is 0 Å². The van der Waals surface area contributed by atoms with Crippen LogP contribution in [0.25, 0.3) is 11.2 Å². The summed E-state index contributed by atoms with van der Waals surface area (Å²) in [5.41, 5.74) is 2.82. The number of hydrogen-bond acceptors (Lipinski definition) is 6. The molecule has 0 aromatic carbocycles. The van der Waals surface area contributed by atoms with Crippen molar-refractivity contribution in [3.05, 3.63) is 51.6 Å². The van der Waals surface area contributed by atoms with Gasteiger partial charge in [-0.3, -0.25) is 9.59 Å². The van der Waals surface area contributed by atoms with E-state index in [1.54, 1.807) is 25.1 Å². The van der Waals surface area contributed by atoms with Crippen LogP contribution in [0.4, 0.5) is 0 Å². The number of aromatic nitrogens is 5. The maximum absolute atomic E-state index is 12.7. The van der Waals surface area contributed by atoms with E-state index in [0.29, 0.717) is 56.0 Å². The summed E-state index contributed by atoms with van der Waals surface area (Å²) in [6.45, 7) is 5.09. The molecule has 9 nitrogen and oxygen atoms in total. The topological polar surface area (TPSA) is 106 Å². The Bertz CT molecular complexity index is 1140. The third-order valence-corrected chi connectivity index (χ3v) is 5.42. The van der Waals surface area contributed by atoms with Gasteiger partial charge < -0.3 is 19.2 Å². The molecule has 4 heterocycles. The molecule has 1 N–H and O–H groups in total. The van der Waals surface area contributed by atoms with Crippen LogP contribution in [0, 0.1) is 6.92 Å². The number of fused-ring (bicyclic) bond motifs is 2. The van der Waals surface area contributed by atoms with Crippen LogP contribution in [-0.4, -0.2) is 49.0 Å². The molecule has 9 heteroatoms. The Morgan fingerprint density at radius 2 is 2.17 bits per heavy atom. The fourth-order valence-corrected chi connectivity index (χ4v) is 4.05. The van der Waals surface area contributed by atoms with E-state index in [2.05, 4.69) is 26.4 Å². The van der Waals surface area contributed by atoms with Crippen LogP contribution in [0.3, 0.4) is 0 Å². The molecule has 0 unspecified atom stereocenters. The zero-order valence-corrected chi connectivity index (χ0v) is 17.5. The molecule has 0 fully saturated rings. The van der Waals surface area contributed by atoms with Crippen molar-refractivity contribution in [3.8, 4) is 0 Å². The molecule has 0 radical (unpaired) electrons. The number of ether oxygens (including phenoxy) is 1. The van der Waals surface area contributed by atoms with Gasteiger partial charge in [-0.15, -0.1) is 0 Å². The van der Waals surface area contributed by atoms with Crippen LogP contribution in [0.5, 0.6) is 0 Å². The second kappa shape index (κ2) is 8.35. The summed E-state index contributed by atoms with van der Waals surface area (Å²) in [6, 6.07) is 3.91. The molecule has 30 heavy (non-hydrogen) atoms. The Morgan fingerprint density at radius 1 is 1.33 bits per heavy atom. The normalized spacial score (nSPS) is 14.3. The number of carbonyl (C=O) groups excluding carboxylic acids is 1. The summed E-state index contributed by atoms with van der Waals surface area (Å²) in [5.74, 6) is 1.50. The maximum Gasteiger partial charge on any atom is 0.256 e. The number of hydrogen-bond donors (Lipinski definition) is 1. The van der Waals surface area contributed by atoms with Crippen molar-refractivity contribution in [1.82, 2.24) is 29.4 Å². The Hall–Kier alpha value is -3.07. The standard InChI is InChI=1S/C21H26N6O3/c1-13(12-30-3)27-18(25-16-6-5-9-22-20(16)27)7-4-8-19(28)26-10-15-17(11-26)23-14(2)24-21(15)29/h5-6,9,13H,4,7-8,10-12H2,1-3H3,(H,23,24,29)/t13-/m0/s1. The molecule has 3 aromatic rings. The molecule has 0 spiro atoms. The number of imidazole rings is 1. The Labute approximate surface area is 174 Å². The predicted octanol–water partition coefficient (Wildman–Crippen LogP) is 1.90. The largest absolute Gasteiger partial charge is 0.383 e. The van der Waals surface area contributed by atoms with Crippen molar-refractivity contribution in [2.45, 2.75) is 52.2 Å². The quantitative estimate of drug-likeness (QED) is 0.638. The van der Waals surface area contributed by atoms with Crippen molar-refractivity contribution < 1.29 is 9.53 Å². The van der Waals surface area contributed by atoms with Gasteiger partial charge in [0.15, 0.2) is 5.65 Å². The van der Waals surface area contributed by atoms with Gasteiger partial charge in [0.05, 0.1) is 37.0 Å². The summed E-state index contributed by atoms with van der Waals surface area (Å²) >= 11 is 0. The molecule has 0 saturated carbocycles. The molecule has 158 valence electrons. The van der Waals surface area contributed by atoms with E-state index in [0.717, 1.165) is 17.0 Å². The number of nitrogens with zero attached hydrogens (tertiary/aromatic N) is 5. The molecule has 3 aromatic heterocycles. The van der Waals surface area contributed by atoms with Crippen LogP contribution in [-0.2, 0) is 29.0 Å². The lowest BCUT2D eigenvalue weighted by Crippen LogP contribution is -2.26. The smallest absolute Gasteiger partial charge is 0.256 e. The van der Waals surface area contributed by atoms with E-state index in [1.807, 2.05) is 12.1 Å². The number of methoxy groups -OCH3 is 1. The SMILES string of the molecule is COC[C@H](C)n1c(CCCC(=O)N2Cc3nc(C)[nH]c(=O)c3C2)nc2cccnc21. The number of H-pyrrole nitrogens is 1. The molecular formula is C21H26N6O3. The lowest BCUT2D eigenvalue weighted by atomic mass is 10.2. The van der Waals surface area contributed by atoms with Crippen LogP contribution in [0.2, 0.25) is 0 Å². The van der Waals surface area contributed by atoms with Crippen molar-refractivity contribution in [3.63, 3.8) is 0 Å². The first-order chi connectivity index (χ1) is 14.5. The molecule has 1 aliphatic heterocycles. The van der Waals surface area contributed by atoms with Gasteiger partial charge in [0, 0.05) is 26.1 Å². The van der Waals surface area contributed by atoms with Gasteiger partial charge in [0.2, 0.25) is 5.91 Å². The van der Waals surface area contributed by atoms with Gasteiger partial charge in [-0.2, -0.15) is 0 Å². The zero-order chi connectivity index (χ0) is 21.3. The van der Waals surface area contributed by atoms with Crippen LogP contribution in [0.1, 0.15) is 48.7 Å². The minimum Gasteiger partial charge on any atom is -0.383 e. The van der Waals surface area contributed by atoms with E-state index in [9.17, 15) is 9.59 Å². The highest BCUT2D eigenvalue weighted by molar-refractivity contribution is 5.77. The summed E-state index contributed by atoms with van der Waals surface area (Å²) in [7, 11) is 1.68. The third kappa shape index (κ3) is 3.85. The minimum atomic E-state index is -0.152. The number of carbonyl (C=O) groups is 1. The highest BCUT2D eigenvalue weighted by Crippen LogP contribution is 2.22. The van der Waals surface area contributed by atoms with E-state index in [-0.39, 0.29) is 17.5 Å². The molecule has 1 aliphatic rings. The highest BCUT2D eigenvalue weighted by atomic mass is 16.5. The second-order valence-corrected chi connectivity index (χ2v) is 7.73. The fraction of sp³-hybridized carbons (Fsp3) is 0.476. The molecule has 1 atom stereocenters.